The van der Waals surface area contributed by atoms with Gasteiger partial charge in [-0.05, 0) is 50.1 Å². The first kappa shape index (κ1) is 18.0. The molecule has 1 aromatic carbocycles. The summed E-state index contributed by atoms with van der Waals surface area (Å²) in [7, 11) is 0. The van der Waals surface area contributed by atoms with Crippen LogP contribution in [0.5, 0.6) is 0 Å². The second-order valence-electron chi connectivity index (χ2n) is 5.75. The van der Waals surface area contributed by atoms with E-state index in [1.807, 2.05) is 6.92 Å². The Labute approximate surface area is 141 Å². The standard InChI is InChI=1S/C18H24FN3O2/c1-3-20-17(21-11-10-14-6-8-15(19)9-7-14)22-13-18(2,23)16-5-4-12-24-16/h4-9,12,23H,3,10-11,13H2,1-2H3,(H2,20,21,22). The van der Waals surface area contributed by atoms with Crippen LogP contribution in [-0.2, 0) is 12.0 Å². The minimum atomic E-state index is -1.16. The van der Waals surface area contributed by atoms with Gasteiger partial charge in [0.25, 0.3) is 0 Å². The minimum Gasteiger partial charge on any atom is -0.466 e. The number of nitrogens with zero attached hydrogens (tertiary/aromatic N) is 1. The van der Waals surface area contributed by atoms with Gasteiger partial charge in [0.2, 0.25) is 0 Å². The molecule has 0 aliphatic carbocycles. The van der Waals surface area contributed by atoms with Crippen molar-refractivity contribution in [2.75, 3.05) is 19.6 Å². The lowest BCUT2D eigenvalue weighted by Gasteiger charge is -2.19. The Morgan fingerprint density at radius 3 is 2.62 bits per heavy atom. The minimum absolute atomic E-state index is 0.173. The zero-order valence-corrected chi connectivity index (χ0v) is 14.1. The van der Waals surface area contributed by atoms with Crippen molar-refractivity contribution in [1.82, 2.24) is 10.6 Å². The van der Waals surface area contributed by atoms with Crippen LogP contribution >= 0.6 is 0 Å². The quantitative estimate of drug-likeness (QED) is 0.538. The molecule has 2 aromatic rings. The van der Waals surface area contributed by atoms with E-state index in [1.165, 1.54) is 18.4 Å². The fourth-order valence-electron chi connectivity index (χ4n) is 2.21. The smallest absolute Gasteiger partial charge is 0.191 e. The van der Waals surface area contributed by atoms with Crippen LogP contribution in [0.2, 0.25) is 0 Å². The van der Waals surface area contributed by atoms with Crippen LogP contribution in [0.4, 0.5) is 4.39 Å². The highest BCUT2D eigenvalue weighted by Gasteiger charge is 2.25. The number of hydrogen-bond acceptors (Lipinski definition) is 3. The zero-order valence-electron chi connectivity index (χ0n) is 14.1. The Kier molecular flexibility index (Phi) is 6.37. The summed E-state index contributed by atoms with van der Waals surface area (Å²) in [6.07, 6.45) is 2.28. The molecule has 0 saturated heterocycles. The fraction of sp³-hybridized carbons (Fsp3) is 0.389. The summed E-state index contributed by atoms with van der Waals surface area (Å²) in [6, 6.07) is 9.90. The Bertz CT molecular complexity index is 637. The largest absolute Gasteiger partial charge is 0.466 e. The maximum absolute atomic E-state index is 12.9. The molecular formula is C18H24FN3O2. The molecule has 1 heterocycles. The number of furan rings is 1. The summed E-state index contributed by atoms with van der Waals surface area (Å²) in [5.41, 5.74) is -0.120. The number of aliphatic imine (C=N–C) groups is 1. The van der Waals surface area contributed by atoms with Crippen molar-refractivity contribution in [3.8, 4) is 0 Å². The summed E-state index contributed by atoms with van der Waals surface area (Å²) < 4.78 is 18.1. The van der Waals surface area contributed by atoms with Crippen molar-refractivity contribution >= 4 is 5.96 Å². The number of halogens is 1. The van der Waals surface area contributed by atoms with Gasteiger partial charge in [-0.1, -0.05) is 12.1 Å². The van der Waals surface area contributed by atoms with Gasteiger partial charge in [-0.3, -0.25) is 0 Å². The molecule has 0 aliphatic heterocycles. The monoisotopic (exact) mass is 333 g/mol. The number of nitrogens with one attached hydrogen (secondary N) is 2. The van der Waals surface area contributed by atoms with Crippen LogP contribution in [0, 0.1) is 5.82 Å². The van der Waals surface area contributed by atoms with E-state index in [2.05, 4.69) is 15.6 Å². The molecule has 0 saturated carbocycles. The van der Waals surface area contributed by atoms with Crippen molar-refractivity contribution in [2.24, 2.45) is 4.99 Å². The second kappa shape index (κ2) is 8.49. The van der Waals surface area contributed by atoms with Gasteiger partial charge >= 0.3 is 0 Å². The summed E-state index contributed by atoms with van der Waals surface area (Å²) in [4.78, 5) is 4.41. The van der Waals surface area contributed by atoms with Crippen molar-refractivity contribution in [2.45, 2.75) is 25.9 Å². The number of hydrogen-bond donors (Lipinski definition) is 3. The summed E-state index contributed by atoms with van der Waals surface area (Å²) in [5.74, 6) is 0.863. The van der Waals surface area contributed by atoms with E-state index < -0.39 is 5.60 Å². The van der Waals surface area contributed by atoms with Crippen molar-refractivity contribution in [3.63, 3.8) is 0 Å². The fourth-order valence-corrected chi connectivity index (χ4v) is 2.21. The highest BCUT2D eigenvalue weighted by atomic mass is 19.1. The molecule has 0 amide bonds. The van der Waals surface area contributed by atoms with Crippen LogP contribution in [0.1, 0.15) is 25.2 Å². The zero-order chi connectivity index (χ0) is 17.4. The predicted molar refractivity (Wildman–Crippen MR) is 92.4 cm³/mol. The normalized spacial score (nSPS) is 14.2. The first-order valence-corrected chi connectivity index (χ1v) is 8.04. The molecule has 0 fully saturated rings. The van der Waals surface area contributed by atoms with Crippen LogP contribution in [0.3, 0.4) is 0 Å². The molecule has 5 nitrogen and oxygen atoms in total. The van der Waals surface area contributed by atoms with E-state index in [0.29, 0.717) is 24.8 Å². The van der Waals surface area contributed by atoms with Crippen molar-refractivity contribution in [1.29, 1.82) is 0 Å². The highest BCUT2D eigenvalue weighted by molar-refractivity contribution is 5.79. The molecule has 130 valence electrons. The second-order valence-corrected chi connectivity index (χ2v) is 5.75. The molecule has 2 rings (SSSR count). The number of benzene rings is 1. The molecule has 1 unspecified atom stereocenters. The molecule has 3 N–H and O–H groups in total. The molecule has 6 heteroatoms. The Morgan fingerprint density at radius 1 is 1.25 bits per heavy atom. The number of rotatable bonds is 7. The van der Waals surface area contributed by atoms with Gasteiger partial charge in [0.05, 0.1) is 12.8 Å². The molecule has 0 radical (unpaired) electrons. The number of aliphatic hydroxyl groups is 1. The topological polar surface area (TPSA) is 69.8 Å². The Morgan fingerprint density at radius 2 is 2.00 bits per heavy atom. The van der Waals surface area contributed by atoms with Crippen molar-refractivity contribution in [3.05, 3.63) is 59.8 Å². The molecule has 0 spiro atoms. The van der Waals surface area contributed by atoms with Gasteiger partial charge in [-0.2, -0.15) is 0 Å². The summed E-state index contributed by atoms with van der Waals surface area (Å²) in [5, 5.41) is 16.8. The Hall–Kier alpha value is -2.34. The van der Waals surface area contributed by atoms with Gasteiger partial charge < -0.3 is 20.2 Å². The van der Waals surface area contributed by atoms with E-state index in [0.717, 1.165) is 12.0 Å². The average Bonchev–Trinajstić information content (AvgIpc) is 3.10. The van der Waals surface area contributed by atoms with Gasteiger partial charge in [0, 0.05) is 13.1 Å². The molecule has 0 aliphatic rings. The third kappa shape index (κ3) is 5.38. The van der Waals surface area contributed by atoms with Crippen LogP contribution in [-0.4, -0.2) is 30.7 Å². The van der Waals surface area contributed by atoms with Gasteiger partial charge in [-0.15, -0.1) is 0 Å². The van der Waals surface area contributed by atoms with E-state index >= 15 is 0 Å². The summed E-state index contributed by atoms with van der Waals surface area (Å²) >= 11 is 0. The van der Waals surface area contributed by atoms with E-state index in [1.54, 1.807) is 31.2 Å². The summed E-state index contributed by atoms with van der Waals surface area (Å²) in [6.45, 7) is 5.18. The van der Waals surface area contributed by atoms with E-state index in [-0.39, 0.29) is 12.4 Å². The van der Waals surface area contributed by atoms with Crippen LogP contribution < -0.4 is 10.6 Å². The highest BCUT2D eigenvalue weighted by Crippen LogP contribution is 2.20. The third-order valence-electron chi connectivity index (χ3n) is 3.56. The first-order chi connectivity index (χ1) is 11.5. The molecule has 1 atom stereocenters. The lowest BCUT2D eigenvalue weighted by molar-refractivity contribution is 0.0437. The molecule has 24 heavy (non-hydrogen) atoms. The number of guanidine groups is 1. The lowest BCUT2D eigenvalue weighted by atomic mass is 10.0. The maximum atomic E-state index is 12.9. The van der Waals surface area contributed by atoms with Gasteiger partial charge in [0.15, 0.2) is 5.96 Å². The van der Waals surface area contributed by atoms with Crippen molar-refractivity contribution < 1.29 is 13.9 Å². The average molecular weight is 333 g/mol. The van der Waals surface area contributed by atoms with Gasteiger partial charge in [0.1, 0.15) is 17.2 Å². The van der Waals surface area contributed by atoms with Gasteiger partial charge in [-0.25, -0.2) is 9.38 Å². The third-order valence-corrected chi connectivity index (χ3v) is 3.56. The molecule has 0 bridgehead atoms. The first-order valence-electron chi connectivity index (χ1n) is 8.04. The SMILES string of the molecule is CCNC(=NCC(C)(O)c1ccco1)NCCc1ccc(F)cc1. The maximum Gasteiger partial charge on any atom is 0.191 e. The lowest BCUT2D eigenvalue weighted by Crippen LogP contribution is -2.39. The molecule has 1 aromatic heterocycles. The van der Waals surface area contributed by atoms with Crippen LogP contribution in [0.25, 0.3) is 0 Å². The van der Waals surface area contributed by atoms with E-state index in [4.69, 9.17) is 4.42 Å². The Balaban J connectivity index is 1.89. The van der Waals surface area contributed by atoms with Crippen LogP contribution in [0.15, 0.2) is 52.1 Å². The molecular weight excluding hydrogens is 309 g/mol. The predicted octanol–water partition coefficient (Wildman–Crippen LogP) is 2.42. The van der Waals surface area contributed by atoms with E-state index in [9.17, 15) is 9.50 Å².